The SMILES string of the molecule is Cc1ccn(CCC(=O)NCCCCCC(=O)O)c(=O)c1. The van der Waals surface area contributed by atoms with Crippen molar-refractivity contribution in [3.05, 3.63) is 34.2 Å². The van der Waals surface area contributed by atoms with Crippen LogP contribution >= 0.6 is 0 Å². The van der Waals surface area contributed by atoms with Crippen molar-refractivity contribution in [3.8, 4) is 0 Å². The molecule has 0 spiro atoms. The number of aliphatic carboxylic acids is 1. The molecule has 0 unspecified atom stereocenters. The molecule has 0 aliphatic heterocycles. The summed E-state index contributed by atoms with van der Waals surface area (Å²) in [4.78, 5) is 33.5. The van der Waals surface area contributed by atoms with Crippen LogP contribution in [-0.2, 0) is 16.1 Å². The molecule has 0 bridgehead atoms. The second kappa shape index (κ2) is 8.94. The largest absolute Gasteiger partial charge is 0.481 e. The molecule has 1 aromatic rings. The van der Waals surface area contributed by atoms with Gasteiger partial charge < -0.3 is 15.0 Å². The van der Waals surface area contributed by atoms with Gasteiger partial charge in [-0.15, -0.1) is 0 Å². The second-order valence-electron chi connectivity index (χ2n) is 5.04. The van der Waals surface area contributed by atoms with E-state index in [9.17, 15) is 14.4 Å². The van der Waals surface area contributed by atoms with Crippen LogP contribution < -0.4 is 10.9 Å². The Hall–Kier alpha value is -2.11. The maximum atomic E-state index is 11.6. The molecule has 0 aliphatic carbocycles. The smallest absolute Gasteiger partial charge is 0.303 e. The fourth-order valence-corrected chi connectivity index (χ4v) is 1.91. The average molecular weight is 294 g/mol. The van der Waals surface area contributed by atoms with E-state index in [0.29, 0.717) is 19.5 Å². The highest BCUT2D eigenvalue weighted by Gasteiger charge is 2.03. The Labute approximate surface area is 123 Å². The van der Waals surface area contributed by atoms with E-state index in [1.807, 2.05) is 13.0 Å². The molecule has 0 atom stereocenters. The van der Waals surface area contributed by atoms with Gasteiger partial charge in [0.25, 0.3) is 5.56 Å². The normalized spacial score (nSPS) is 10.3. The van der Waals surface area contributed by atoms with Crippen molar-refractivity contribution in [3.63, 3.8) is 0 Å². The summed E-state index contributed by atoms with van der Waals surface area (Å²) in [5.41, 5.74) is 0.804. The molecule has 21 heavy (non-hydrogen) atoms. The highest BCUT2D eigenvalue weighted by molar-refractivity contribution is 5.75. The molecule has 1 heterocycles. The first-order chi connectivity index (χ1) is 9.99. The second-order valence-corrected chi connectivity index (χ2v) is 5.04. The third-order valence-electron chi connectivity index (χ3n) is 3.12. The zero-order valence-electron chi connectivity index (χ0n) is 12.3. The van der Waals surface area contributed by atoms with E-state index in [4.69, 9.17) is 5.11 Å². The van der Waals surface area contributed by atoms with Crippen molar-refractivity contribution in [1.29, 1.82) is 0 Å². The Bertz CT molecular complexity index is 537. The number of amides is 1. The number of pyridine rings is 1. The maximum Gasteiger partial charge on any atom is 0.303 e. The number of hydrogen-bond acceptors (Lipinski definition) is 3. The molecule has 116 valence electrons. The van der Waals surface area contributed by atoms with E-state index in [2.05, 4.69) is 5.32 Å². The Morgan fingerprint density at radius 2 is 2.00 bits per heavy atom. The van der Waals surface area contributed by atoms with E-state index in [-0.39, 0.29) is 24.3 Å². The van der Waals surface area contributed by atoms with E-state index < -0.39 is 5.97 Å². The van der Waals surface area contributed by atoms with Crippen LogP contribution in [0.15, 0.2) is 23.1 Å². The van der Waals surface area contributed by atoms with Crippen LogP contribution in [0, 0.1) is 6.92 Å². The highest BCUT2D eigenvalue weighted by atomic mass is 16.4. The Balaban J connectivity index is 2.16. The molecule has 6 heteroatoms. The number of carbonyl (C=O) groups excluding carboxylic acids is 1. The molecule has 1 amide bonds. The number of carboxylic acid groups (broad SMARTS) is 1. The number of rotatable bonds is 9. The molecule has 0 fully saturated rings. The van der Waals surface area contributed by atoms with E-state index in [0.717, 1.165) is 18.4 Å². The van der Waals surface area contributed by atoms with Gasteiger partial charge in [-0.25, -0.2) is 0 Å². The molecular weight excluding hydrogens is 272 g/mol. The average Bonchev–Trinajstić information content (AvgIpc) is 2.41. The first-order valence-electron chi connectivity index (χ1n) is 7.14. The quantitative estimate of drug-likeness (QED) is 0.672. The number of nitrogens with zero attached hydrogens (tertiary/aromatic N) is 1. The van der Waals surface area contributed by atoms with Crippen molar-refractivity contribution in [2.24, 2.45) is 0 Å². The van der Waals surface area contributed by atoms with Gasteiger partial charge in [0.2, 0.25) is 5.91 Å². The third kappa shape index (κ3) is 7.29. The molecule has 0 saturated heterocycles. The zero-order chi connectivity index (χ0) is 15.7. The van der Waals surface area contributed by atoms with Crippen molar-refractivity contribution >= 4 is 11.9 Å². The zero-order valence-corrected chi connectivity index (χ0v) is 12.3. The summed E-state index contributed by atoms with van der Waals surface area (Å²) in [5, 5.41) is 11.2. The van der Waals surface area contributed by atoms with Gasteiger partial charge in [0.05, 0.1) is 0 Å². The van der Waals surface area contributed by atoms with Crippen LogP contribution in [0.5, 0.6) is 0 Å². The molecule has 1 aromatic heterocycles. The number of carboxylic acids is 1. The first-order valence-corrected chi connectivity index (χ1v) is 7.14. The van der Waals surface area contributed by atoms with Gasteiger partial charge in [0, 0.05) is 38.2 Å². The molecule has 2 N–H and O–H groups in total. The summed E-state index contributed by atoms with van der Waals surface area (Å²) in [5.74, 6) is -0.886. The fourth-order valence-electron chi connectivity index (χ4n) is 1.91. The molecule has 1 rings (SSSR count). The number of aromatic nitrogens is 1. The minimum absolute atomic E-state index is 0.0966. The van der Waals surface area contributed by atoms with Crippen molar-refractivity contribution in [1.82, 2.24) is 9.88 Å². The monoisotopic (exact) mass is 294 g/mol. The van der Waals surface area contributed by atoms with Gasteiger partial charge in [-0.3, -0.25) is 14.4 Å². The number of unbranched alkanes of at least 4 members (excludes halogenated alkanes) is 2. The lowest BCUT2D eigenvalue weighted by atomic mass is 10.2. The van der Waals surface area contributed by atoms with Crippen LogP contribution in [0.4, 0.5) is 0 Å². The van der Waals surface area contributed by atoms with E-state index in [1.165, 1.54) is 4.57 Å². The van der Waals surface area contributed by atoms with E-state index >= 15 is 0 Å². The van der Waals surface area contributed by atoms with Gasteiger partial charge in [0.1, 0.15) is 0 Å². The summed E-state index contributed by atoms with van der Waals surface area (Å²) in [6, 6.07) is 3.38. The van der Waals surface area contributed by atoms with Gasteiger partial charge in [-0.05, 0) is 31.4 Å². The van der Waals surface area contributed by atoms with Gasteiger partial charge in [-0.2, -0.15) is 0 Å². The number of carbonyl (C=O) groups is 2. The van der Waals surface area contributed by atoms with Gasteiger partial charge >= 0.3 is 5.97 Å². The Morgan fingerprint density at radius 1 is 1.24 bits per heavy atom. The van der Waals surface area contributed by atoms with Crippen molar-refractivity contribution in [2.45, 2.75) is 45.6 Å². The van der Waals surface area contributed by atoms with Crippen molar-refractivity contribution in [2.75, 3.05) is 6.54 Å². The van der Waals surface area contributed by atoms with Gasteiger partial charge in [0.15, 0.2) is 0 Å². The van der Waals surface area contributed by atoms with Crippen LogP contribution in [0.3, 0.4) is 0 Å². The van der Waals surface area contributed by atoms with Crippen LogP contribution in [-0.4, -0.2) is 28.1 Å². The summed E-state index contributed by atoms with van der Waals surface area (Å²) < 4.78 is 1.51. The van der Waals surface area contributed by atoms with Crippen LogP contribution in [0.1, 0.15) is 37.7 Å². The molecule has 0 saturated carbocycles. The lowest BCUT2D eigenvalue weighted by Gasteiger charge is -2.07. The summed E-state index contributed by atoms with van der Waals surface area (Å²) in [7, 11) is 0. The predicted molar refractivity (Wildman–Crippen MR) is 79.2 cm³/mol. The molecule has 0 radical (unpaired) electrons. The molecule has 0 aliphatic rings. The first kappa shape index (κ1) is 16.9. The fraction of sp³-hybridized carbons (Fsp3) is 0.533. The van der Waals surface area contributed by atoms with Crippen LogP contribution in [0.2, 0.25) is 0 Å². The summed E-state index contributed by atoms with van der Waals surface area (Å²) in [6.07, 6.45) is 4.30. The molecular formula is C15H22N2O4. The summed E-state index contributed by atoms with van der Waals surface area (Å²) in [6.45, 7) is 2.76. The van der Waals surface area contributed by atoms with E-state index in [1.54, 1.807) is 12.3 Å². The number of hydrogen-bond donors (Lipinski definition) is 2. The number of nitrogens with one attached hydrogen (secondary N) is 1. The third-order valence-corrected chi connectivity index (χ3v) is 3.12. The molecule has 6 nitrogen and oxygen atoms in total. The minimum atomic E-state index is -0.789. The minimum Gasteiger partial charge on any atom is -0.481 e. The van der Waals surface area contributed by atoms with Gasteiger partial charge in [-0.1, -0.05) is 6.42 Å². The standard InChI is InChI=1S/C15H22N2O4/c1-12-6-9-17(14(19)11-12)10-7-13(18)16-8-4-2-3-5-15(20)21/h6,9,11H,2-5,7-8,10H2,1H3,(H,16,18)(H,20,21). The lowest BCUT2D eigenvalue weighted by Crippen LogP contribution is -2.27. The number of aryl methyl sites for hydroxylation is 2. The lowest BCUT2D eigenvalue weighted by molar-refractivity contribution is -0.137. The van der Waals surface area contributed by atoms with Crippen molar-refractivity contribution < 1.29 is 14.7 Å². The van der Waals surface area contributed by atoms with Crippen LogP contribution in [0.25, 0.3) is 0 Å². The summed E-state index contributed by atoms with van der Waals surface area (Å²) >= 11 is 0. The molecule has 0 aromatic carbocycles. The topological polar surface area (TPSA) is 88.4 Å². The predicted octanol–water partition coefficient (Wildman–Crippen LogP) is 1.31. The Morgan fingerprint density at radius 3 is 2.67 bits per heavy atom. The maximum absolute atomic E-state index is 11.6. The highest BCUT2D eigenvalue weighted by Crippen LogP contribution is 1.99. The Kier molecular flexibility index (Phi) is 7.21.